The number of anilines is 1. The summed E-state index contributed by atoms with van der Waals surface area (Å²) in [5, 5.41) is 10.6. The van der Waals surface area contributed by atoms with Crippen LogP contribution in [0.4, 0.5) is 5.69 Å². The number of H-pyrrole nitrogens is 1. The number of amides is 1. The van der Waals surface area contributed by atoms with Crippen LogP contribution in [0.5, 0.6) is 0 Å². The van der Waals surface area contributed by atoms with E-state index >= 15 is 0 Å². The lowest BCUT2D eigenvalue weighted by Crippen LogP contribution is -2.27. The summed E-state index contributed by atoms with van der Waals surface area (Å²) in [7, 11) is 0. The number of nitrogens with zero attached hydrogens (tertiary/aromatic N) is 1. The van der Waals surface area contributed by atoms with Gasteiger partial charge in [0, 0.05) is 11.1 Å². The topological polar surface area (TPSA) is 83.8 Å². The number of nitrogens with one attached hydrogen (secondary N) is 2. The summed E-state index contributed by atoms with van der Waals surface area (Å²) in [5.74, 6) is -0.237. The molecule has 1 atom stereocenters. The molecule has 0 spiro atoms. The maximum atomic E-state index is 12.1. The van der Waals surface area contributed by atoms with Crippen LogP contribution in [-0.2, 0) is 4.79 Å². The van der Waals surface area contributed by atoms with Crippen molar-refractivity contribution in [2.75, 3.05) is 5.32 Å². The Morgan fingerprint density at radius 1 is 1.20 bits per heavy atom. The van der Waals surface area contributed by atoms with Crippen molar-refractivity contribution in [1.29, 1.82) is 0 Å². The van der Waals surface area contributed by atoms with Crippen LogP contribution in [0.2, 0.25) is 0 Å². The molecule has 0 fully saturated rings. The number of aromatic nitrogens is 2. The van der Waals surface area contributed by atoms with Crippen molar-refractivity contribution in [2.45, 2.75) is 6.04 Å². The minimum absolute atomic E-state index is 0.237. The van der Waals surface area contributed by atoms with Gasteiger partial charge in [-0.05, 0) is 23.8 Å². The lowest BCUT2D eigenvalue weighted by Gasteiger charge is -2.12. The second-order valence-corrected chi connectivity index (χ2v) is 4.55. The van der Waals surface area contributed by atoms with Crippen molar-refractivity contribution in [1.82, 2.24) is 10.2 Å². The fraction of sp³-hybridized carbons (Fsp3) is 0.0667. The molecule has 0 saturated carbocycles. The van der Waals surface area contributed by atoms with Crippen LogP contribution in [0.15, 0.2) is 54.7 Å². The molecule has 5 nitrogen and oxygen atoms in total. The van der Waals surface area contributed by atoms with Gasteiger partial charge in [-0.15, -0.1) is 0 Å². The molecule has 100 valence electrons. The Kier molecular flexibility index (Phi) is 3.18. The van der Waals surface area contributed by atoms with Gasteiger partial charge in [-0.3, -0.25) is 9.89 Å². The first-order valence-corrected chi connectivity index (χ1v) is 6.28. The molecule has 1 unspecified atom stereocenters. The first-order valence-electron chi connectivity index (χ1n) is 6.28. The van der Waals surface area contributed by atoms with Crippen LogP contribution in [0, 0.1) is 0 Å². The zero-order chi connectivity index (χ0) is 13.9. The molecule has 0 saturated heterocycles. The van der Waals surface area contributed by atoms with Gasteiger partial charge >= 0.3 is 0 Å². The third-order valence-electron chi connectivity index (χ3n) is 3.15. The number of rotatable bonds is 3. The quantitative estimate of drug-likeness (QED) is 0.679. The summed E-state index contributed by atoms with van der Waals surface area (Å²) in [5.41, 5.74) is 8.37. The van der Waals surface area contributed by atoms with Crippen LogP contribution in [-0.4, -0.2) is 16.1 Å². The molecule has 3 aromatic rings. The molecule has 0 aliphatic heterocycles. The van der Waals surface area contributed by atoms with Crippen molar-refractivity contribution in [3.63, 3.8) is 0 Å². The van der Waals surface area contributed by atoms with E-state index in [0.717, 1.165) is 16.5 Å². The summed E-state index contributed by atoms with van der Waals surface area (Å²) in [6.45, 7) is 0. The number of hydrogen-bond acceptors (Lipinski definition) is 3. The summed E-state index contributed by atoms with van der Waals surface area (Å²) >= 11 is 0. The van der Waals surface area contributed by atoms with Gasteiger partial charge in [0.25, 0.3) is 0 Å². The highest BCUT2D eigenvalue weighted by atomic mass is 16.2. The van der Waals surface area contributed by atoms with E-state index in [4.69, 9.17) is 5.73 Å². The van der Waals surface area contributed by atoms with E-state index in [9.17, 15) is 4.79 Å². The Balaban J connectivity index is 1.78. The number of carbonyl (C=O) groups excluding carboxylic acids is 1. The Morgan fingerprint density at radius 2 is 2.00 bits per heavy atom. The molecule has 0 aliphatic carbocycles. The molecule has 5 heteroatoms. The molecular formula is C15H14N4O. The first-order chi connectivity index (χ1) is 9.74. The molecule has 1 amide bonds. The van der Waals surface area contributed by atoms with Crippen LogP contribution in [0.1, 0.15) is 11.6 Å². The predicted molar refractivity (Wildman–Crippen MR) is 78.1 cm³/mol. The van der Waals surface area contributed by atoms with Crippen molar-refractivity contribution in [3.8, 4) is 0 Å². The Bertz CT molecular complexity index is 736. The molecule has 1 heterocycles. The van der Waals surface area contributed by atoms with Crippen LogP contribution in [0.3, 0.4) is 0 Å². The predicted octanol–water partition coefficient (Wildman–Crippen LogP) is 2.20. The Hall–Kier alpha value is -2.66. The Labute approximate surface area is 115 Å². The minimum atomic E-state index is -0.684. The van der Waals surface area contributed by atoms with Gasteiger partial charge in [0.1, 0.15) is 6.04 Å². The van der Waals surface area contributed by atoms with E-state index in [0.29, 0.717) is 5.69 Å². The summed E-state index contributed by atoms with van der Waals surface area (Å²) in [6.07, 6.45) is 1.71. The number of aromatic amines is 1. The number of nitrogens with two attached hydrogens (primary N) is 1. The summed E-state index contributed by atoms with van der Waals surface area (Å²) in [4.78, 5) is 12.1. The molecule has 1 aromatic heterocycles. The molecule has 3 rings (SSSR count). The van der Waals surface area contributed by atoms with Gasteiger partial charge in [-0.25, -0.2) is 0 Å². The van der Waals surface area contributed by atoms with Crippen molar-refractivity contribution >= 4 is 22.5 Å². The zero-order valence-electron chi connectivity index (χ0n) is 10.7. The normalized spacial score (nSPS) is 12.2. The van der Waals surface area contributed by atoms with Crippen molar-refractivity contribution in [2.24, 2.45) is 5.73 Å². The van der Waals surface area contributed by atoms with E-state index in [1.807, 2.05) is 48.5 Å². The lowest BCUT2D eigenvalue weighted by atomic mass is 10.1. The fourth-order valence-electron chi connectivity index (χ4n) is 2.05. The van der Waals surface area contributed by atoms with E-state index < -0.39 is 6.04 Å². The second-order valence-electron chi connectivity index (χ2n) is 4.55. The molecule has 2 aromatic carbocycles. The van der Waals surface area contributed by atoms with E-state index in [-0.39, 0.29) is 5.91 Å². The largest absolute Gasteiger partial charge is 0.324 e. The second kappa shape index (κ2) is 5.14. The van der Waals surface area contributed by atoms with Gasteiger partial charge in [-0.1, -0.05) is 30.3 Å². The van der Waals surface area contributed by atoms with Gasteiger partial charge < -0.3 is 11.1 Å². The standard InChI is InChI=1S/C15H14N4O/c16-14(10-4-2-1-3-5-10)15(20)18-12-6-7-13-11(8-12)9-17-19-13/h1-9,14H,16H2,(H,17,19)(H,18,20). The highest BCUT2D eigenvalue weighted by Gasteiger charge is 2.15. The molecular weight excluding hydrogens is 252 g/mol. The highest BCUT2D eigenvalue weighted by Crippen LogP contribution is 2.18. The summed E-state index contributed by atoms with van der Waals surface area (Å²) in [6, 6.07) is 14.1. The third kappa shape index (κ3) is 2.39. The Morgan fingerprint density at radius 3 is 2.80 bits per heavy atom. The number of hydrogen-bond donors (Lipinski definition) is 3. The average Bonchev–Trinajstić information content (AvgIpc) is 2.95. The fourth-order valence-corrected chi connectivity index (χ4v) is 2.05. The van der Waals surface area contributed by atoms with E-state index in [1.165, 1.54) is 0 Å². The number of benzene rings is 2. The third-order valence-corrected chi connectivity index (χ3v) is 3.15. The maximum Gasteiger partial charge on any atom is 0.245 e. The van der Waals surface area contributed by atoms with E-state index in [2.05, 4.69) is 15.5 Å². The molecule has 0 radical (unpaired) electrons. The number of carbonyl (C=O) groups is 1. The molecule has 20 heavy (non-hydrogen) atoms. The lowest BCUT2D eigenvalue weighted by molar-refractivity contribution is -0.117. The van der Waals surface area contributed by atoms with Gasteiger partial charge in [0.05, 0.1) is 11.7 Å². The highest BCUT2D eigenvalue weighted by molar-refractivity contribution is 5.97. The number of fused-ring (bicyclic) bond motifs is 1. The maximum absolute atomic E-state index is 12.1. The monoisotopic (exact) mass is 266 g/mol. The van der Waals surface area contributed by atoms with Crippen LogP contribution < -0.4 is 11.1 Å². The summed E-state index contributed by atoms with van der Waals surface area (Å²) < 4.78 is 0. The van der Waals surface area contributed by atoms with Gasteiger partial charge in [-0.2, -0.15) is 5.10 Å². The van der Waals surface area contributed by atoms with Crippen molar-refractivity contribution in [3.05, 3.63) is 60.3 Å². The smallest absolute Gasteiger partial charge is 0.245 e. The zero-order valence-corrected chi connectivity index (χ0v) is 10.7. The van der Waals surface area contributed by atoms with E-state index in [1.54, 1.807) is 6.20 Å². The molecule has 0 bridgehead atoms. The van der Waals surface area contributed by atoms with Gasteiger partial charge in [0.15, 0.2) is 0 Å². The SMILES string of the molecule is NC(C(=O)Nc1ccc2[nH]ncc2c1)c1ccccc1. The van der Waals surface area contributed by atoms with Crippen molar-refractivity contribution < 1.29 is 4.79 Å². The van der Waals surface area contributed by atoms with Crippen LogP contribution in [0.25, 0.3) is 10.9 Å². The first kappa shape index (κ1) is 12.4. The molecule has 0 aliphatic rings. The molecule has 4 N–H and O–H groups in total. The van der Waals surface area contributed by atoms with Crippen LogP contribution >= 0.6 is 0 Å². The minimum Gasteiger partial charge on any atom is -0.324 e. The van der Waals surface area contributed by atoms with Gasteiger partial charge in [0.2, 0.25) is 5.91 Å². The average molecular weight is 266 g/mol.